The Morgan fingerprint density at radius 1 is 1.20 bits per heavy atom. The van der Waals surface area contributed by atoms with Crippen LogP contribution in [-0.2, 0) is 13.5 Å². The summed E-state index contributed by atoms with van der Waals surface area (Å²) >= 11 is 0. The number of benzene rings is 1. The summed E-state index contributed by atoms with van der Waals surface area (Å²) in [5, 5.41) is 4.51. The van der Waals surface area contributed by atoms with E-state index in [1.54, 1.807) is 0 Å². The van der Waals surface area contributed by atoms with E-state index in [1.807, 2.05) is 42.1 Å². The molecule has 1 aromatic carbocycles. The van der Waals surface area contributed by atoms with E-state index in [2.05, 4.69) is 17.0 Å². The van der Waals surface area contributed by atoms with Crippen molar-refractivity contribution in [1.82, 2.24) is 14.8 Å². The van der Waals surface area contributed by atoms with Gasteiger partial charge in [-0.1, -0.05) is 43.7 Å². The molecule has 0 radical (unpaired) electrons. The number of aromatic nitrogens is 3. The quantitative estimate of drug-likeness (QED) is 0.843. The Labute approximate surface area is 121 Å². The van der Waals surface area contributed by atoms with Crippen molar-refractivity contribution in [2.75, 3.05) is 6.54 Å². The monoisotopic (exact) mass is 272 g/mol. The van der Waals surface area contributed by atoms with E-state index in [0.717, 1.165) is 43.0 Å². The molecule has 0 fully saturated rings. The van der Waals surface area contributed by atoms with Crippen LogP contribution in [0, 0.1) is 5.92 Å². The molecule has 2 aromatic rings. The van der Waals surface area contributed by atoms with Crippen molar-refractivity contribution in [3.8, 4) is 11.4 Å². The van der Waals surface area contributed by atoms with Gasteiger partial charge in [-0.05, 0) is 25.3 Å². The van der Waals surface area contributed by atoms with Crippen molar-refractivity contribution < 1.29 is 0 Å². The minimum absolute atomic E-state index is 0.692. The molecule has 0 aliphatic heterocycles. The maximum absolute atomic E-state index is 5.65. The fourth-order valence-corrected chi connectivity index (χ4v) is 2.47. The summed E-state index contributed by atoms with van der Waals surface area (Å²) < 4.78 is 1.90. The van der Waals surface area contributed by atoms with E-state index in [1.165, 1.54) is 6.42 Å². The van der Waals surface area contributed by atoms with Gasteiger partial charge in [0.15, 0.2) is 5.82 Å². The van der Waals surface area contributed by atoms with Gasteiger partial charge in [0.1, 0.15) is 5.82 Å². The third-order valence-corrected chi connectivity index (χ3v) is 3.81. The van der Waals surface area contributed by atoms with Gasteiger partial charge in [-0.15, -0.1) is 0 Å². The number of hydrogen-bond donors (Lipinski definition) is 1. The normalized spacial score (nSPS) is 12.6. The molecule has 0 spiro atoms. The molecule has 0 bridgehead atoms. The highest BCUT2D eigenvalue weighted by atomic mass is 15.3. The molecule has 1 atom stereocenters. The molecule has 0 aliphatic carbocycles. The smallest absolute Gasteiger partial charge is 0.181 e. The molecule has 108 valence electrons. The fraction of sp³-hybridized carbons (Fsp3) is 0.500. The Bertz CT molecular complexity index is 519. The minimum Gasteiger partial charge on any atom is -0.330 e. The molecule has 0 saturated heterocycles. The average molecular weight is 272 g/mol. The molecule has 1 heterocycles. The maximum Gasteiger partial charge on any atom is 0.181 e. The Kier molecular flexibility index (Phi) is 5.30. The topological polar surface area (TPSA) is 56.7 Å². The second-order valence-corrected chi connectivity index (χ2v) is 5.23. The Hall–Kier alpha value is -1.68. The summed E-state index contributed by atoms with van der Waals surface area (Å²) in [7, 11) is 1.97. The van der Waals surface area contributed by atoms with Crippen LogP contribution < -0.4 is 5.73 Å². The van der Waals surface area contributed by atoms with E-state index >= 15 is 0 Å². The van der Waals surface area contributed by atoms with Crippen LogP contribution >= 0.6 is 0 Å². The van der Waals surface area contributed by atoms with Crippen LogP contribution in [0.25, 0.3) is 11.4 Å². The van der Waals surface area contributed by atoms with E-state index in [0.29, 0.717) is 5.92 Å². The van der Waals surface area contributed by atoms with E-state index in [-0.39, 0.29) is 0 Å². The number of aryl methyl sites for hydroxylation is 2. The lowest BCUT2D eigenvalue weighted by molar-refractivity contribution is 0.435. The third-order valence-electron chi connectivity index (χ3n) is 3.81. The summed E-state index contributed by atoms with van der Waals surface area (Å²) in [4.78, 5) is 4.67. The predicted octanol–water partition coefficient (Wildman–Crippen LogP) is 2.79. The van der Waals surface area contributed by atoms with Crippen LogP contribution in [0.3, 0.4) is 0 Å². The van der Waals surface area contributed by atoms with Crippen LogP contribution in [0.2, 0.25) is 0 Å². The lowest BCUT2D eigenvalue weighted by Crippen LogP contribution is -2.10. The fourth-order valence-electron chi connectivity index (χ4n) is 2.47. The molecule has 4 nitrogen and oxygen atoms in total. The summed E-state index contributed by atoms with van der Waals surface area (Å²) in [6.45, 7) is 3.00. The van der Waals surface area contributed by atoms with Gasteiger partial charge in [0.25, 0.3) is 0 Å². The summed E-state index contributed by atoms with van der Waals surface area (Å²) in [6, 6.07) is 10.1. The molecule has 4 heteroatoms. The van der Waals surface area contributed by atoms with Crippen LogP contribution in [-0.4, -0.2) is 21.3 Å². The summed E-state index contributed by atoms with van der Waals surface area (Å²) in [6.07, 6.45) is 4.38. The highest BCUT2D eigenvalue weighted by molar-refractivity contribution is 5.53. The van der Waals surface area contributed by atoms with Gasteiger partial charge in [-0.2, -0.15) is 5.10 Å². The van der Waals surface area contributed by atoms with Crippen molar-refractivity contribution in [3.63, 3.8) is 0 Å². The number of nitrogens with two attached hydrogens (primary N) is 1. The van der Waals surface area contributed by atoms with Gasteiger partial charge < -0.3 is 5.73 Å². The van der Waals surface area contributed by atoms with Crippen molar-refractivity contribution in [3.05, 3.63) is 36.2 Å². The first kappa shape index (κ1) is 14.7. The lowest BCUT2D eigenvalue weighted by Gasteiger charge is -2.12. The SMILES string of the molecule is CCC(CCN)CCc1nc(-c2ccccc2)nn1C. The van der Waals surface area contributed by atoms with Crippen molar-refractivity contribution in [1.29, 1.82) is 0 Å². The van der Waals surface area contributed by atoms with Gasteiger partial charge in [-0.25, -0.2) is 4.98 Å². The summed E-state index contributed by atoms with van der Waals surface area (Å²) in [5.41, 5.74) is 6.72. The number of nitrogens with zero attached hydrogens (tertiary/aromatic N) is 3. The van der Waals surface area contributed by atoms with Gasteiger partial charge in [0, 0.05) is 19.0 Å². The highest BCUT2D eigenvalue weighted by Crippen LogP contribution is 2.18. The van der Waals surface area contributed by atoms with Gasteiger partial charge in [-0.3, -0.25) is 4.68 Å². The average Bonchev–Trinajstić information content (AvgIpc) is 2.86. The van der Waals surface area contributed by atoms with E-state index < -0.39 is 0 Å². The predicted molar refractivity (Wildman–Crippen MR) is 82.2 cm³/mol. The van der Waals surface area contributed by atoms with Gasteiger partial charge >= 0.3 is 0 Å². The lowest BCUT2D eigenvalue weighted by atomic mass is 9.96. The Balaban J connectivity index is 2.05. The zero-order chi connectivity index (χ0) is 14.4. The van der Waals surface area contributed by atoms with Gasteiger partial charge in [0.2, 0.25) is 0 Å². The minimum atomic E-state index is 0.692. The first-order valence-electron chi connectivity index (χ1n) is 7.40. The standard InChI is InChI=1S/C16H24N4/c1-3-13(11-12-17)9-10-15-18-16(19-20(15)2)14-7-5-4-6-8-14/h4-8,13H,3,9-12,17H2,1-2H3. The molecule has 0 aliphatic rings. The molecule has 1 unspecified atom stereocenters. The van der Waals surface area contributed by atoms with E-state index in [4.69, 9.17) is 5.73 Å². The number of hydrogen-bond acceptors (Lipinski definition) is 3. The van der Waals surface area contributed by atoms with Crippen LogP contribution in [0.5, 0.6) is 0 Å². The molecular formula is C16H24N4. The molecule has 20 heavy (non-hydrogen) atoms. The van der Waals surface area contributed by atoms with Crippen LogP contribution in [0.4, 0.5) is 0 Å². The molecule has 2 N–H and O–H groups in total. The first-order valence-corrected chi connectivity index (χ1v) is 7.40. The molecule has 1 aromatic heterocycles. The summed E-state index contributed by atoms with van der Waals surface area (Å²) in [5.74, 6) is 2.56. The van der Waals surface area contributed by atoms with Crippen LogP contribution in [0.15, 0.2) is 30.3 Å². The first-order chi connectivity index (χ1) is 9.74. The second-order valence-electron chi connectivity index (χ2n) is 5.23. The highest BCUT2D eigenvalue weighted by Gasteiger charge is 2.11. The molecular weight excluding hydrogens is 248 g/mol. The van der Waals surface area contributed by atoms with Crippen LogP contribution in [0.1, 0.15) is 32.0 Å². The zero-order valence-electron chi connectivity index (χ0n) is 12.4. The maximum atomic E-state index is 5.65. The molecule has 0 saturated carbocycles. The zero-order valence-corrected chi connectivity index (χ0v) is 12.4. The van der Waals surface area contributed by atoms with Crippen molar-refractivity contribution >= 4 is 0 Å². The third kappa shape index (κ3) is 3.67. The number of rotatable bonds is 7. The van der Waals surface area contributed by atoms with E-state index in [9.17, 15) is 0 Å². The van der Waals surface area contributed by atoms with Crippen molar-refractivity contribution in [2.24, 2.45) is 18.7 Å². The van der Waals surface area contributed by atoms with Gasteiger partial charge in [0.05, 0.1) is 0 Å². The Morgan fingerprint density at radius 3 is 2.60 bits per heavy atom. The van der Waals surface area contributed by atoms with Crippen molar-refractivity contribution in [2.45, 2.75) is 32.6 Å². The molecule has 2 rings (SSSR count). The Morgan fingerprint density at radius 2 is 1.95 bits per heavy atom. The largest absolute Gasteiger partial charge is 0.330 e. The second kappa shape index (κ2) is 7.20. The molecule has 0 amide bonds.